The Morgan fingerprint density at radius 2 is 1.75 bits per heavy atom. The van der Waals surface area contributed by atoms with Crippen LogP contribution in [0.1, 0.15) is 36.7 Å². The number of hydrogen-bond acceptors (Lipinski definition) is 3. The first kappa shape index (κ1) is 14.9. The Hall–Kier alpha value is -1.49. The molecule has 108 valence electrons. The highest BCUT2D eigenvalue weighted by Gasteiger charge is 2.17. The summed E-state index contributed by atoms with van der Waals surface area (Å²) in [6.45, 7) is 10.1. The van der Waals surface area contributed by atoms with Crippen LogP contribution in [0.3, 0.4) is 0 Å². The van der Waals surface area contributed by atoms with Crippen LogP contribution in [0.5, 0.6) is 11.6 Å². The number of aromatic nitrogens is 2. The molecule has 20 heavy (non-hydrogen) atoms. The summed E-state index contributed by atoms with van der Waals surface area (Å²) < 4.78 is 8.91. The molecule has 0 amide bonds. The van der Waals surface area contributed by atoms with E-state index < -0.39 is 0 Å². The fourth-order valence-electron chi connectivity index (χ4n) is 2.07. The molecule has 5 heteroatoms. The molecule has 0 fully saturated rings. The summed E-state index contributed by atoms with van der Waals surface area (Å²) in [6.07, 6.45) is 0. The molecule has 2 aromatic rings. The summed E-state index contributed by atoms with van der Waals surface area (Å²) in [6, 6.07) is 4.17. The lowest BCUT2D eigenvalue weighted by atomic mass is 10.1. The van der Waals surface area contributed by atoms with Crippen LogP contribution < -0.4 is 10.5 Å². The molecular weight excluding hydrogens is 318 g/mol. The van der Waals surface area contributed by atoms with E-state index in [1.54, 1.807) is 0 Å². The number of hydrogen-bond donors (Lipinski definition) is 1. The summed E-state index contributed by atoms with van der Waals surface area (Å²) in [5, 5.41) is 4.43. The fraction of sp³-hybridized carbons (Fsp3) is 0.400. The second-order valence-electron chi connectivity index (χ2n) is 5.32. The lowest BCUT2D eigenvalue weighted by Gasteiger charge is -2.14. The summed E-state index contributed by atoms with van der Waals surface area (Å²) in [4.78, 5) is 0. The van der Waals surface area contributed by atoms with Crippen LogP contribution in [0.2, 0.25) is 0 Å². The second kappa shape index (κ2) is 5.48. The average molecular weight is 338 g/mol. The van der Waals surface area contributed by atoms with Crippen LogP contribution in [0.15, 0.2) is 16.6 Å². The number of benzene rings is 1. The molecule has 0 radical (unpaired) electrons. The molecule has 0 bridgehead atoms. The monoisotopic (exact) mass is 337 g/mol. The Morgan fingerprint density at radius 1 is 1.20 bits per heavy atom. The quantitative estimate of drug-likeness (QED) is 0.895. The third-order valence-corrected chi connectivity index (χ3v) is 4.45. The first-order valence-corrected chi connectivity index (χ1v) is 7.39. The number of aryl methyl sites for hydroxylation is 3. The Balaban J connectivity index is 2.45. The van der Waals surface area contributed by atoms with Crippen molar-refractivity contribution < 1.29 is 4.74 Å². The van der Waals surface area contributed by atoms with E-state index >= 15 is 0 Å². The predicted octanol–water partition coefficient (Wildman–Crippen LogP) is 4.53. The van der Waals surface area contributed by atoms with E-state index in [9.17, 15) is 0 Å². The zero-order chi connectivity index (χ0) is 15.0. The Morgan fingerprint density at radius 3 is 2.25 bits per heavy atom. The van der Waals surface area contributed by atoms with Crippen LogP contribution >= 0.6 is 15.9 Å². The Bertz CT molecular complexity index is 624. The van der Waals surface area contributed by atoms with Crippen molar-refractivity contribution in [2.75, 3.05) is 5.73 Å². The summed E-state index contributed by atoms with van der Waals surface area (Å²) in [5.41, 5.74) is 9.72. The van der Waals surface area contributed by atoms with E-state index in [0.717, 1.165) is 27.0 Å². The zero-order valence-electron chi connectivity index (χ0n) is 12.5. The maximum absolute atomic E-state index is 6.08. The number of anilines is 1. The van der Waals surface area contributed by atoms with E-state index in [2.05, 4.69) is 34.9 Å². The molecule has 1 heterocycles. The second-order valence-corrected chi connectivity index (χ2v) is 6.11. The van der Waals surface area contributed by atoms with Crippen molar-refractivity contribution in [3.8, 4) is 11.6 Å². The van der Waals surface area contributed by atoms with E-state index in [1.165, 1.54) is 0 Å². The van der Waals surface area contributed by atoms with Crippen molar-refractivity contribution in [3.63, 3.8) is 0 Å². The van der Waals surface area contributed by atoms with E-state index in [4.69, 9.17) is 10.5 Å². The summed E-state index contributed by atoms with van der Waals surface area (Å²) >= 11 is 3.56. The molecule has 1 aromatic carbocycles. The van der Waals surface area contributed by atoms with Gasteiger partial charge in [-0.25, -0.2) is 4.68 Å². The van der Waals surface area contributed by atoms with Crippen molar-refractivity contribution in [2.24, 2.45) is 0 Å². The molecule has 0 aliphatic carbocycles. The molecular formula is C15H20BrN3O. The van der Waals surface area contributed by atoms with Crippen molar-refractivity contribution in [1.82, 2.24) is 9.78 Å². The molecule has 4 nitrogen and oxygen atoms in total. The number of nitrogens with two attached hydrogens (primary N) is 1. The van der Waals surface area contributed by atoms with Crippen LogP contribution in [0.4, 0.5) is 5.69 Å². The third-order valence-electron chi connectivity index (χ3n) is 3.20. The molecule has 0 saturated carbocycles. The van der Waals surface area contributed by atoms with Gasteiger partial charge in [-0.15, -0.1) is 0 Å². The minimum Gasteiger partial charge on any atom is -0.437 e. The molecule has 0 aliphatic rings. The molecule has 2 rings (SSSR count). The highest BCUT2D eigenvalue weighted by atomic mass is 79.9. The van der Waals surface area contributed by atoms with Gasteiger partial charge < -0.3 is 10.5 Å². The van der Waals surface area contributed by atoms with Crippen molar-refractivity contribution in [2.45, 2.75) is 40.7 Å². The standard InChI is InChI=1S/C15H20BrN3O/c1-8(2)19-15(14(17)11(5)18-19)20-12-6-9(3)13(16)10(4)7-12/h6-8H,17H2,1-5H3. The SMILES string of the molecule is Cc1cc(Oc2c(N)c(C)nn2C(C)C)cc(C)c1Br. The van der Waals surface area contributed by atoms with Gasteiger partial charge in [-0.3, -0.25) is 0 Å². The van der Waals surface area contributed by atoms with E-state index in [1.807, 2.05) is 37.6 Å². The molecule has 0 atom stereocenters. The maximum atomic E-state index is 6.08. The molecule has 0 aliphatic heterocycles. The Kier molecular flexibility index (Phi) is 4.09. The lowest BCUT2D eigenvalue weighted by molar-refractivity contribution is 0.389. The molecule has 2 N–H and O–H groups in total. The van der Waals surface area contributed by atoms with Gasteiger partial charge >= 0.3 is 0 Å². The van der Waals surface area contributed by atoms with Crippen molar-refractivity contribution in [1.29, 1.82) is 0 Å². The van der Waals surface area contributed by atoms with Crippen LogP contribution in [0, 0.1) is 20.8 Å². The van der Waals surface area contributed by atoms with Gasteiger partial charge in [-0.2, -0.15) is 5.10 Å². The minimum atomic E-state index is 0.193. The maximum Gasteiger partial charge on any atom is 0.241 e. The van der Waals surface area contributed by atoms with Gasteiger partial charge in [0.15, 0.2) is 0 Å². The van der Waals surface area contributed by atoms with Gasteiger partial charge in [0.05, 0.1) is 11.7 Å². The fourth-order valence-corrected chi connectivity index (χ4v) is 2.30. The smallest absolute Gasteiger partial charge is 0.241 e. The van der Waals surface area contributed by atoms with Gasteiger partial charge in [0.25, 0.3) is 0 Å². The minimum absolute atomic E-state index is 0.193. The summed E-state index contributed by atoms with van der Waals surface area (Å²) in [5.74, 6) is 1.38. The first-order chi connectivity index (χ1) is 9.31. The van der Waals surface area contributed by atoms with Gasteiger partial charge in [-0.05, 0) is 57.9 Å². The highest BCUT2D eigenvalue weighted by molar-refractivity contribution is 9.10. The van der Waals surface area contributed by atoms with Crippen LogP contribution in [0.25, 0.3) is 0 Å². The predicted molar refractivity (Wildman–Crippen MR) is 85.5 cm³/mol. The third kappa shape index (κ3) is 2.68. The van der Waals surface area contributed by atoms with Crippen LogP contribution in [-0.2, 0) is 0 Å². The Labute approximate surface area is 128 Å². The number of halogens is 1. The first-order valence-electron chi connectivity index (χ1n) is 6.60. The van der Waals surface area contributed by atoms with E-state index in [0.29, 0.717) is 11.6 Å². The number of nitrogens with zero attached hydrogens (tertiary/aromatic N) is 2. The average Bonchev–Trinajstić information content (AvgIpc) is 2.64. The van der Waals surface area contributed by atoms with Gasteiger partial charge in [0, 0.05) is 4.47 Å². The number of nitrogen functional groups attached to an aromatic ring is 1. The number of rotatable bonds is 3. The van der Waals surface area contributed by atoms with Crippen molar-refractivity contribution >= 4 is 21.6 Å². The largest absolute Gasteiger partial charge is 0.437 e. The summed E-state index contributed by atoms with van der Waals surface area (Å²) in [7, 11) is 0. The van der Waals surface area contributed by atoms with Gasteiger partial charge in [0.2, 0.25) is 5.88 Å². The van der Waals surface area contributed by atoms with Gasteiger partial charge in [-0.1, -0.05) is 15.9 Å². The molecule has 0 saturated heterocycles. The molecule has 0 unspecified atom stereocenters. The molecule has 1 aromatic heterocycles. The van der Waals surface area contributed by atoms with Gasteiger partial charge in [0.1, 0.15) is 11.4 Å². The normalized spacial score (nSPS) is 11.2. The highest BCUT2D eigenvalue weighted by Crippen LogP contribution is 2.34. The zero-order valence-corrected chi connectivity index (χ0v) is 14.1. The van der Waals surface area contributed by atoms with E-state index in [-0.39, 0.29) is 6.04 Å². The van der Waals surface area contributed by atoms with Crippen LogP contribution in [-0.4, -0.2) is 9.78 Å². The lowest BCUT2D eigenvalue weighted by Crippen LogP contribution is -2.05. The van der Waals surface area contributed by atoms with Crippen molar-refractivity contribution in [3.05, 3.63) is 33.4 Å². The number of ether oxygens (including phenoxy) is 1. The topological polar surface area (TPSA) is 53.1 Å². The molecule has 0 spiro atoms.